The third kappa shape index (κ3) is 4.55. The molecule has 2 aromatic carbocycles. The van der Waals surface area contributed by atoms with Crippen LogP contribution in [0.3, 0.4) is 0 Å². The normalized spacial score (nSPS) is 11.8. The third-order valence-electron chi connectivity index (χ3n) is 5.44. The number of hydrogen-bond donors (Lipinski definition) is 2. The Hall–Kier alpha value is -4.20. The van der Waals surface area contributed by atoms with E-state index in [0.29, 0.717) is 11.4 Å². The molecular weight excluding hydrogens is 425 g/mol. The zero-order chi connectivity index (χ0) is 23.5. The van der Waals surface area contributed by atoms with E-state index in [9.17, 15) is 19.1 Å². The number of fused-ring (bicyclic) bond motifs is 1. The zero-order valence-corrected chi connectivity index (χ0v) is 18.1. The second kappa shape index (κ2) is 9.12. The maximum absolute atomic E-state index is 14.3. The van der Waals surface area contributed by atoms with Gasteiger partial charge in [-0.05, 0) is 35.7 Å². The van der Waals surface area contributed by atoms with Gasteiger partial charge < -0.3 is 19.7 Å². The van der Waals surface area contributed by atoms with E-state index in [1.807, 2.05) is 42.1 Å². The van der Waals surface area contributed by atoms with Crippen LogP contribution in [0.4, 0.5) is 4.39 Å². The molecule has 0 spiro atoms. The second-order valence-corrected chi connectivity index (χ2v) is 7.59. The first-order valence-electron chi connectivity index (χ1n) is 10.2. The summed E-state index contributed by atoms with van der Waals surface area (Å²) in [5.41, 5.74) is 2.37. The van der Waals surface area contributed by atoms with Crippen molar-refractivity contribution >= 4 is 22.8 Å². The van der Waals surface area contributed by atoms with E-state index in [1.165, 1.54) is 31.4 Å². The Morgan fingerprint density at radius 3 is 2.67 bits per heavy atom. The SMILES string of the molecule is COc1ccc(C(=O)NC(CC(=O)O)c2ccccc2F)nc1-c1ccc2ccn(C)c2c1. The number of halogens is 1. The van der Waals surface area contributed by atoms with Crippen molar-refractivity contribution < 1.29 is 23.8 Å². The van der Waals surface area contributed by atoms with Gasteiger partial charge in [0.2, 0.25) is 0 Å². The summed E-state index contributed by atoms with van der Waals surface area (Å²) >= 11 is 0. The van der Waals surface area contributed by atoms with Gasteiger partial charge in [-0.15, -0.1) is 0 Å². The fourth-order valence-electron chi connectivity index (χ4n) is 3.76. The highest BCUT2D eigenvalue weighted by molar-refractivity contribution is 5.94. The number of carboxylic acids is 1. The summed E-state index contributed by atoms with van der Waals surface area (Å²) in [6.07, 6.45) is 1.48. The van der Waals surface area contributed by atoms with Gasteiger partial charge in [0.25, 0.3) is 5.91 Å². The number of aromatic nitrogens is 2. The number of benzene rings is 2. The van der Waals surface area contributed by atoms with Crippen LogP contribution in [0.25, 0.3) is 22.2 Å². The van der Waals surface area contributed by atoms with Crippen LogP contribution >= 0.6 is 0 Å². The van der Waals surface area contributed by atoms with E-state index >= 15 is 0 Å². The summed E-state index contributed by atoms with van der Waals surface area (Å²) in [4.78, 5) is 28.8. The molecule has 0 fully saturated rings. The predicted octanol–water partition coefficient (Wildman–Crippen LogP) is 4.33. The summed E-state index contributed by atoms with van der Waals surface area (Å²) in [5, 5.41) is 12.9. The van der Waals surface area contributed by atoms with E-state index in [1.54, 1.807) is 12.1 Å². The van der Waals surface area contributed by atoms with Gasteiger partial charge in [-0.1, -0.05) is 30.3 Å². The Balaban J connectivity index is 1.69. The average Bonchev–Trinajstić information content (AvgIpc) is 3.18. The van der Waals surface area contributed by atoms with Gasteiger partial charge in [0, 0.05) is 29.9 Å². The van der Waals surface area contributed by atoms with Crippen LogP contribution in [0.2, 0.25) is 0 Å². The van der Waals surface area contributed by atoms with E-state index in [2.05, 4.69) is 10.3 Å². The smallest absolute Gasteiger partial charge is 0.305 e. The lowest BCUT2D eigenvalue weighted by Gasteiger charge is -2.18. The molecule has 8 heteroatoms. The molecule has 2 aromatic heterocycles. The number of aliphatic carboxylic acids is 1. The Morgan fingerprint density at radius 2 is 1.94 bits per heavy atom. The third-order valence-corrected chi connectivity index (χ3v) is 5.44. The van der Waals surface area contributed by atoms with Gasteiger partial charge in [0.1, 0.15) is 23.0 Å². The van der Waals surface area contributed by atoms with E-state index in [0.717, 1.165) is 16.5 Å². The largest absolute Gasteiger partial charge is 0.494 e. The highest BCUT2D eigenvalue weighted by Crippen LogP contribution is 2.31. The molecule has 0 saturated carbocycles. The summed E-state index contributed by atoms with van der Waals surface area (Å²) in [7, 11) is 3.45. The molecule has 168 valence electrons. The van der Waals surface area contributed by atoms with Crippen LogP contribution in [0.1, 0.15) is 28.5 Å². The van der Waals surface area contributed by atoms with Gasteiger partial charge in [0.05, 0.1) is 19.6 Å². The number of rotatable bonds is 7. The van der Waals surface area contributed by atoms with Crippen LogP contribution in [0.15, 0.2) is 66.9 Å². The first kappa shape index (κ1) is 22.0. The summed E-state index contributed by atoms with van der Waals surface area (Å²) in [5.74, 6) is -1.89. The number of carboxylic acid groups (broad SMARTS) is 1. The van der Waals surface area contributed by atoms with E-state index in [4.69, 9.17) is 4.74 Å². The topological polar surface area (TPSA) is 93.4 Å². The number of hydrogen-bond acceptors (Lipinski definition) is 4. The lowest BCUT2D eigenvalue weighted by Crippen LogP contribution is -2.31. The number of methoxy groups -OCH3 is 1. The average molecular weight is 447 g/mol. The molecule has 1 amide bonds. The standard InChI is InChI=1S/C25H22FN3O4/c1-29-12-11-15-7-8-16(13-21(15)29)24-22(33-2)10-9-19(27-24)25(32)28-20(14-23(30)31)17-5-3-4-6-18(17)26/h3-13,20H,14H2,1-2H3,(H,28,32)(H,30,31). The highest BCUT2D eigenvalue weighted by atomic mass is 19.1. The van der Waals surface area contributed by atoms with Crippen LogP contribution < -0.4 is 10.1 Å². The van der Waals surface area contributed by atoms with Gasteiger partial charge >= 0.3 is 5.97 Å². The molecule has 33 heavy (non-hydrogen) atoms. The fourth-order valence-corrected chi connectivity index (χ4v) is 3.76. The van der Waals surface area contributed by atoms with Crippen molar-refractivity contribution in [3.05, 3.63) is 83.9 Å². The Bertz CT molecular complexity index is 1350. The van der Waals surface area contributed by atoms with Crippen molar-refractivity contribution in [3.63, 3.8) is 0 Å². The molecule has 0 saturated heterocycles. The molecule has 1 unspecified atom stereocenters. The number of carbonyl (C=O) groups is 2. The number of aryl methyl sites for hydroxylation is 1. The van der Waals surface area contributed by atoms with Gasteiger partial charge in [-0.3, -0.25) is 9.59 Å². The van der Waals surface area contributed by atoms with E-state index in [-0.39, 0.29) is 11.3 Å². The van der Waals surface area contributed by atoms with Crippen LogP contribution in [-0.2, 0) is 11.8 Å². The minimum Gasteiger partial charge on any atom is -0.494 e. The van der Waals surface area contributed by atoms with Crippen LogP contribution in [-0.4, -0.2) is 33.6 Å². The number of amides is 1. The number of carbonyl (C=O) groups excluding carboxylic acids is 1. The lowest BCUT2D eigenvalue weighted by molar-refractivity contribution is -0.137. The summed E-state index contributed by atoms with van der Waals surface area (Å²) in [6.45, 7) is 0. The zero-order valence-electron chi connectivity index (χ0n) is 18.1. The highest BCUT2D eigenvalue weighted by Gasteiger charge is 2.23. The molecule has 1 atom stereocenters. The molecule has 0 aliphatic rings. The fraction of sp³-hybridized carbons (Fsp3) is 0.160. The number of nitrogens with zero attached hydrogens (tertiary/aromatic N) is 2. The number of pyridine rings is 1. The molecule has 7 nitrogen and oxygen atoms in total. The number of ether oxygens (including phenoxy) is 1. The minimum absolute atomic E-state index is 0.0597. The van der Waals surface area contributed by atoms with E-state index < -0.39 is 30.2 Å². The number of nitrogens with one attached hydrogen (secondary N) is 1. The first-order valence-corrected chi connectivity index (χ1v) is 10.2. The van der Waals surface area contributed by atoms with Crippen molar-refractivity contribution in [2.45, 2.75) is 12.5 Å². The Kier molecular flexibility index (Phi) is 6.08. The van der Waals surface area contributed by atoms with Gasteiger partial charge in [-0.25, -0.2) is 9.37 Å². The van der Waals surface area contributed by atoms with Crippen LogP contribution in [0, 0.1) is 5.82 Å². The van der Waals surface area contributed by atoms with Crippen molar-refractivity contribution in [1.82, 2.24) is 14.9 Å². The van der Waals surface area contributed by atoms with Crippen LogP contribution in [0.5, 0.6) is 5.75 Å². The minimum atomic E-state index is -1.16. The molecule has 0 aliphatic carbocycles. The Morgan fingerprint density at radius 1 is 1.15 bits per heavy atom. The summed E-state index contributed by atoms with van der Waals surface area (Å²) in [6, 6.07) is 15.6. The molecule has 2 N–H and O–H groups in total. The van der Waals surface area contributed by atoms with Crippen molar-refractivity contribution in [1.29, 1.82) is 0 Å². The van der Waals surface area contributed by atoms with Crippen molar-refractivity contribution in [2.24, 2.45) is 7.05 Å². The van der Waals surface area contributed by atoms with Gasteiger partial charge in [-0.2, -0.15) is 0 Å². The van der Waals surface area contributed by atoms with Crippen molar-refractivity contribution in [2.75, 3.05) is 7.11 Å². The maximum Gasteiger partial charge on any atom is 0.305 e. The quantitative estimate of drug-likeness (QED) is 0.440. The maximum atomic E-state index is 14.3. The molecule has 0 radical (unpaired) electrons. The van der Waals surface area contributed by atoms with Crippen molar-refractivity contribution in [3.8, 4) is 17.0 Å². The van der Waals surface area contributed by atoms with Gasteiger partial charge in [0.15, 0.2) is 0 Å². The Labute approximate surface area is 189 Å². The molecule has 4 rings (SSSR count). The lowest BCUT2D eigenvalue weighted by atomic mass is 10.0. The molecule has 0 aliphatic heterocycles. The molecular formula is C25H22FN3O4. The molecule has 4 aromatic rings. The molecule has 0 bridgehead atoms. The first-order chi connectivity index (χ1) is 15.9. The second-order valence-electron chi connectivity index (χ2n) is 7.59. The molecule has 2 heterocycles. The monoisotopic (exact) mass is 447 g/mol. The summed E-state index contributed by atoms with van der Waals surface area (Å²) < 4.78 is 21.7. The predicted molar refractivity (Wildman–Crippen MR) is 122 cm³/mol.